The van der Waals surface area contributed by atoms with Crippen LogP contribution in [0.2, 0.25) is 0 Å². The van der Waals surface area contributed by atoms with Gasteiger partial charge in [0.1, 0.15) is 11.6 Å². The molecule has 4 nitrogen and oxygen atoms in total. The number of aliphatic hydroxyl groups excluding tert-OH is 1. The molecule has 1 heterocycles. The van der Waals surface area contributed by atoms with Gasteiger partial charge in [-0.2, -0.15) is 0 Å². The molecule has 0 radical (unpaired) electrons. The number of phenolic OH excluding ortho intramolecular Hbond substituents is 1. The summed E-state index contributed by atoms with van der Waals surface area (Å²) in [7, 11) is 0. The largest absolute Gasteiger partial charge is 0.508 e. The second-order valence-corrected chi connectivity index (χ2v) is 9.36. The van der Waals surface area contributed by atoms with Crippen molar-refractivity contribution in [3.63, 3.8) is 0 Å². The molecule has 1 saturated carbocycles. The van der Waals surface area contributed by atoms with Crippen LogP contribution >= 0.6 is 0 Å². The molecular formula is C26H32FNO3. The number of hydrogen-bond donors (Lipinski definition) is 2. The Balaban J connectivity index is 1.33. The predicted molar refractivity (Wildman–Crippen MR) is 119 cm³/mol. The molecule has 0 aromatic heterocycles. The molecule has 31 heavy (non-hydrogen) atoms. The maximum absolute atomic E-state index is 13.3. The predicted octanol–water partition coefficient (Wildman–Crippen LogP) is 5.21. The average Bonchev–Trinajstić information content (AvgIpc) is 3.22. The van der Waals surface area contributed by atoms with Gasteiger partial charge in [0.05, 0.1) is 6.10 Å². The molecule has 0 spiro atoms. The van der Waals surface area contributed by atoms with Crippen LogP contribution in [-0.2, 0) is 0 Å². The van der Waals surface area contributed by atoms with E-state index in [1.54, 1.807) is 6.07 Å². The summed E-state index contributed by atoms with van der Waals surface area (Å²) >= 11 is 0. The fourth-order valence-electron chi connectivity index (χ4n) is 5.30. The maximum Gasteiger partial charge on any atom is 0.253 e. The van der Waals surface area contributed by atoms with Crippen LogP contribution in [-0.4, -0.2) is 40.2 Å². The first-order valence-electron chi connectivity index (χ1n) is 11.5. The van der Waals surface area contributed by atoms with Crippen molar-refractivity contribution in [3.8, 4) is 5.75 Å². The van der Waals surface area contributed by atoms with Crippen molar-refractivity contribution in [2.45, 2.75) is 63.4 Å². The number of hydrogen-bond acceptors (Lipinski definition) is 3. The molecule has 2 aliphatic rings. The number of rotatable bonds is 5. The van der Waals surface area contributed by atoms with Gasteiger partial charge in [-0.25, -0.2) is 4.39 Å². The number of aromatic hydroxyl groups is 1. The number of piperidine rings is 1. The van der Waals surface area contributed by atoms with E-state index in [0.29, 0.717) is 37.8 Å². The second-order valence-electron chi connectivity index (χ2n) is 9.36. The summed E-state index contributed by atoms with van der Waals surface area (Å²) in [4.78, 5) is 14.5. The van der Waals surface area contributed by atoms with Gasteiger partial charge in [0.15, 0.2) is 0 Å². The fourth-order valence-corrected chi connectivity index (χ4v) is 5.30. The van der Waals surface area contributed by atoms with Crippen LogP contribution in [0.5, 0.6) is 5.75 Å². The molecule has 0 bridgehead atoms. The summed E-state index contributed by atoms with van der Waals surface area (Å²) in [5, 5.41) is 19.7. The van der Waals surface area contributed by atoms with E-state index < -0.39 is 5.82 Å². The number of halogens is 1. The zero-order chi connectivity index (χ0) is 22.0. The lowest BCUT2D eigenvalue weighted by molar-refractivity contribution is 0.0546. The summed E-state index contributed by atoms with van der Waals surface area (Å²) in [5.41, 5.74) is 2.82. The monoisotopic (exact) mass is 425 g/mol. The third kappa shape index (κ3) is 5.09. The molecule has 166 valence electrons. The van der Waals surface area contributed by atoms with Gasteiger partial charge >= 0.3 is 0 Å². The van der Waals surface area contributed by atoms with Gasteiger partial charge < -0.3 is 15.1 Å². The molecule has 2 N–H and O–H groups in total. The number of carbonyl (C=O) groups excluding carboxylic acids is 1. The molecule has 5 heteroatoms. The molecule has 1 aliphatic heterocycles. The summed E-state index contributed by atoms with van der Waals surface area (Å²) in [5.74, 6) is 0.946. The quantitative estimate of drug-likeness (QED) is 0.692. The third-order valence-corrected chi connectivity index (χ3v) is 7.13. The normalized spacial score (nSPS) is 23.1. The Morgan fingerprint density at radius 1 is 1.10 bits per heavy atom. The Kier molecular flexibility index (Phi) is 6.61. The van der Waals surface area contributed by atoms with Gasteiger partial charge in [-0.3, -0.25) is 4.79 Å². The number of aliphatic hydroxyl groups is 1. The summed E-state index contributed by atoms with van der Waals surface area (Å²) in [6, 6.07) is 12.4. The van der Waals surface area contributed by atoms with Crippen molar-refractivity contribution in [3.05, 3.63) is 65.0 Å². The zero-order valence-corrected chi connectivity index (χ0v) is 18.1. The van der Waals surface area contributed by atoms with Crippen molar-refractivity contribution in [2.24, 2.45) is 5.92 Å². The third-order valence-electron chi connectivity index (χ3n) is 7.13. The first-order valence-corrected chi connectivity index (χ1v) is 11.5. The van der Waals surface area contributed by atoms with E-state index in [4.69, 9.17) is 0 Å². The highest BCUT2D eigenvalue weighted by atomic mass is 19.1. The molecule has 3 atom stereocenters. The Morgan fingerprint density at radius 3 is 2.48 bits per heavy atom. The van der Waals surface area contributed by atoms with Crippen LogP contribution < -0.4 is 0 Å². The van der Waals surface area contributed by atoms with E-state index in [1.165, 1.54) is 17.7 Å². The van der Waals surface area contributed by atoms with Crippen molar-refractivity contribution in [2.75, 3.05) is 13.1 Å². The molecular weight excluding hydrogens is 393 g/mol. The van der Waals surface area contributed by atoms with Crippen molar-refractivity contribution < 1.29 is 19.4 Å². The Labute approximate surface area is 183 Å². The van der Waals surface area contributed by atoms with Crippen molar-refractivity contribution >= 4 is 5.91 Å². The van der Waals surface area contributed by atoms with E-state index in [9.17, 15) is 19.4 Å². The van der Waals surface area contributed by atoms with Gasteiger partial charge in [0.2, 0.25) is 0 Å². The lowest BCUT2D eigenvalue weighted by Gasteiger charge is -2.29. The van der Waals surface area contributed by atoms with E-state index in [1.807, 2.05) is 17.0 Å². The Bertz CT molecular complexity index is 905. The number of carbonyl (C=O) groups is 1. The minimum atomic E-state index is -0.408. The molecule has 4 rings (SSSR count). The number of likely N-dealkylation sites (tertiary alicyclic amines) is 1. The smallest absolute Gasteiger partial charge is 0.253 e. The Hall–Kier alpha value is -2.40. The van der Waals surface area contributed by atoms with E-state index in [2.05, 4.69) is 19.1 Å². The number of benzene rings is 2. The van der Waals surface area contributed by atoms with Crippen molar-refractivity contribution in [1.82, 2.24) is 4.90 Å². The summed E-state index contributed by atoms with van der Waals surface area (Å²) < 4.78 is 13.3. The summed E-state index contributed by atoms with van der Waals surface area (Å²) in [6.07, 6.45) is 5.38. The van der Waals surface area contributed by atoms with Crippen LogP contribution in [0.1, 0.15) is 78.8 Å². The van der Waals surface area contributed by atoms with E-state index in [-0.39, 0.29) is 23.7 Å². The Morgan fingerprint density at radius 2 is 1.81 bits per heavy atom. The van der Waals surface area contributed by atoms with Crippen LogP contribution in [0.4, 0.5) is 4.39 Å². The summed E-state index contributed by atoms with van der Waals surface area (Å²) in [6.45, 7) is 3.34. The topological polar surface area (TPSA) is 60.8 Å². The molecule has 1 saturated heterocycles. The molecule has 2 fully saturated rings. The molecule has 2 aromatic carbocycles. The standard InChI is InChI=1S/C26H32FNO3/c1-17(24-9-8-22(27)16-25(24)30)14-18-2-3-21(15-18)19-4-6-20(7-5-19)26(31)28-12-10-23(29)11-13-28/h4-9,16-18,21,23,29-30H,2-3,10-15H2,1H3/t17-,18?,21-/m0/s1. The average molecular weight is 426 g/mol. The van der Waals surface area contributed by atoms with Gasteiger partial charge in [-0.1, -0.05) is 25.1 Å². The maximum atomic E-state index is 13.3. The lowest BCUT2D eigenvalue weighted by Crippen LogP contribution is -2.40. The van der Waals surface area contributed by atoms with Gasteiger partial charge in [0.25, 0.3) is 5.91 Å². The fraction of sp³-hybridized carbons (Fsp3) is 0.500. The van der Waals surface area contributed by atoms with Gasteiger partial charge in [-0.15, -0.1) is 0 Å². The SMILES string of the molecule is C[C@@H](CC1CC[C@H](c2ccc(C(=O)N3CCC(O)CC3)cc2)C1)c1ccc(F)cc1O. The van der Waals surface area contributed by atoms with E-state index in [0.717, 1.165) is 36.8 Å². The minimum absolute atomic E-state index is 0.0468. The zero-order valence-electron chi connectivity index (χ0n) is 18.1. The van der Waals surface area contributed by atoms with Crippen molar-refractivity contribution in [1.29, 1.82) is 0 Å². The highest BCUT2D eigenvalue weighted by Crippen LogP contribution is 2.43. The van der Waals surface area contributed by atoms with Gasteiger partial charge in [-0.05, 0) is 85.6 Å². The highest BCUT2D eigenvalue weighted by Gasteiger charge is 2.28. The second kappa shape index (κ2) is 9.39. The number of nitrogens with zero attached hydrogens (tertiary/aromatic N) is 1. The lowest BCUT2D eigenvalue weighted by atomic mass is 9.87. The van der Waals surface area contributed by atoms with Crippen LogP contribution in [0, 0.1) is 11.7 Å². The minimum Gasteiger partial charge on any atom is -0.508 e. The molecule has 1 aliphatic carbocycles. The van der Waals surface area contributed by atoms with Crippen LogP contribution in [0.3, 0.4) is 0 Å². The van der Waals surface area contributed by atoms with E-state index >= 15 is 0 Å². The number of phenols is 1. The first-order chi connectivity index (χ1) is 14.9. The number of amides is 1. The molecule has 1 unspecified atom stereocenters. The van der Waals surface area contributed by atoms with Crippen LogP contribution in [0.25, 0.3) is 0 Å². The highest BCUT2D eigenvalue weighted by molar-refractivity contribution is 5.94. The first kappa shape index (κ1) is 21.8. The van der Waals surface area contributed by atoms with Gasteiger partial charge in [0, 0.05) is 24.7 Å². The molecule has 2 aromatic rings. The van der Waals surface area contributed by atoms with Crippen LogP contribution in [0.15, 0.2) is 42.5 Å². The molecule has 1 amide bonds.